The van der Waals surface area contributed by atoms with Crippen LogP contribution in [-0.4, -0.2) is 53.3 Å². The number of nitrogens with two attached hydrogens (primary N) is 1. The molecule has 4 N–H and O–H groups in total. The minimum Gasteiger partial charge on any atom is -0.403 e. The fraction of sp³-hybridized carbons (Fsp3) is 0.179. The summed E-state index contributed by atoms with van der Waals surface area (Å²) < 4.78 is 5.84. The highest BCUT2D eigenvalue weighted by Gasteiger charge is 2.45. The van der Waals surface area contributed by atoms with E-state index in [0.29, 0.717) is 16.1 Å². The number of ether oxygens (including phenoxy) is 1. The third kappa shape index (κ3) is 5.82. The van der Waals surface area contributed by atoms with Gasteiger partial charge in [-0.15, -0.1) is 10.1 Å². The summed E-state index contributed by atoms with van der Waals surface area (Å²) in [6.07, 6.45) is 0.204. The molecule has 0 fully saturated rings. The Morgan fingerprint density at radius 2 is 1.67 bits per heavy atom. The first-order chi connectivity index (χ1) is 18.9. The van der Waals surface area contributed by atoms with Gasteiger partial charge in [0.25, 0.3) is 5.91 Å². The van der Waals surface area contributed by atoms with Crippen molar-refractivity contribution in [1.29, 1.82) is 0 Å². The minimum absolute atomic E-state index is 0.00146. The third-order valence-corrected chi connectivity index (χ3v) is 6.50. The quantitative estimate of drug-likeness (QED) is 0.399. The number of hydrogen-bond donors (Lipinski definition) is 3. The second kappa shape index (κ2) is 11.5. The van der Waals surface area contributed by atoms with Gasteiger partial charge in [0.05, 0.1) is 6.54 Å². The van der Waals surface area contributed by atoms with Crippen molar-refractivity contribution in [2.75, 3.05) is 6.54 Å². The highest BCUT2D eigenvalue weighted by Crippen LogP contribution is 2.30. The first-order valence-electron chi connectivity index (χ1n) is 12.3. The molecule has 0 bridgehead atoms. The summed E-state index contributed by atoms with van der Waals surface area (Å²) in [5.41, 5.74) is 7.61. The molecule has 3 atom stereocenters. The molecule has 2 aliphatic heterocycles. The maximum absolute atomic E-state index is 13.7. The topological polar surface area (TPSA) is 138 Å². The lowest BCUT2D eigenvalue weighted by Gasteiger charge is -2.31. The van der Waals surface area contributed by atoms with Crippen LogP contribution in [0.5, 0.6) is 0 Å². The summed E-state index contributed by atoms with van der Waals surface area (Å²) in [6.45, 7) is -0.283. The molecule has 0 saturated heterocycles. The van der Waals surface area contributed by atoms with E-state index in [0.717, 1.165) is 10.6 Å². The Morgan fingerprint density at radius 3 is 2.33 bits per heavy atom. The number of halogens is 1. The first kappa shape index (κ1) is 26.1. The molecule has 1 unspecified atom stereocenters. The summed E-state index contributed by atoms with van der Waals surface area (Å²) in [4.78, 5) is 44.1. The molecule has 5 rings (SSSR count). The van der Waals surface area contributed by atoms with Gasteiger partial charge in [0, 0.05) is 17.0 Å². The lowest BCUT2D eigenvalue weighted by atomic mass is 9.96. The zero-order valence-corrected chi connectivity index (χ0v) is 21.4. The van der Waals surface area contributed by atoms with Crippen LogP contribution < -0.4 is 16.4 Å². The van der Waals surface area contributed by atoms with Crippen LogP contribution in [0.1, 0.15) is 22.7 Å². The number of amidine groups is 1. The van der Waals surface area contributed by atoms with E-state index >= 15 is 0 Å². The Hall–Kier alpha value is -4.54. The number of amides is 3. The van der Waals surface area contributed by atoms with Crippen molar-refractivity contribution in [3.05, 3.63) is 107 Å². The first-order valence-corrected chi connectivity index (χ1v) is 12.6. The lowest BCUT2D eigenvalue weighted by Crippen LogP contribution is -2.58. The van der Waals surface area contributed by atoms with Crippen molar-refractivity contribution in [3.63, 3.8) is 0 Å². The maximum atomic E-state index is 13.7. The van der Waals surface area contributed by atoms with Crippen LogP contribution in [-0.2, 0) is 25.5 Å². The van der Waals surface area contributed by atoms with Crippen LogP contribution in [0.3, 0.4) is 0 Å². The fourth-order valence-electron chi connectivity index (χ4n) is 4.30. The second-order valence-electron chi connectivity index (χ2n) is 8.93. The third-order valence-electron chi connectivity index (χ3n) is 6.25. The number of nitrogens with one attached hydrogen (secondary N) is 2. The van der Waals surface area contributed by atoms with Crippen molar-refractivity contribution < 1.29 is 19.1 Å². The molecule has 39 heavy (non-hydrogen) atoms. The number of carbonyl (C=O) groups excluding carboxylic acids is 3. The van der Waals surface area contributed by atoms with Crippen molar-refractivity contribution >= 4 is 41.2 Å². The molecule has 3 aromatic rings. The standard InChI is InChI=1S/C28H25ClN6O4/c29-20-13-11-19(12-14-20)26-34-35-27(38)24(23(33-28(35)39-26)18-9-5-2-6-10-18)32-25(37)21(31-22(36)16-30)15-17-7-3-1-4-8-17/h1-14,21,23-24H,15-16,30H2,(H,31,36)(H,32,37)/t21?,23-,24+/m1/s1. The van der Waals surface area contributed by atoms with Gasteiger partial charge in [-0.2, -0.15) is 0 Å². The molecule has 2 aliphatic rings. The molecule has 198 valence electrons. The van der Waals surface area contributed by atoms with Crippen molar-refractivity contribution in [1.82, 2.24) is 15.6 Å². The second-order valence-corrected chi connectivity index (χ2v) is 9.37. The van der Waals surface area contributed by atoms with Crippen LogP contribution in [0.15, 0.2) is 95.0 Å². The monoisotopic (exact) mass is 544 g/mol. The number of carbonyl (C=O) groups is 3. The number of hydrogen-bond acceptors (Lipinski definition) is 7. The molecule has 3 amide bonds. The van der Waals surface area contributed by atoms with Gasteiger partial charge in [-0.25, -0.2) is 4.99 Å². The molecule has 10 nitrogen and oxygen atoms in total. The largest absolute Gasteiger partial charge is 0.403 e. The predicted molar refractivity (Wildman–Crippen MR) is 146 cm³/mol. The summed E-state index contributed by atoms with van der Waals surface area (Å²) >= 11 is 5.99. The molecule has 2 heterocycles. The Balaban J connectivity index is 1.45. The molecule has 0 aromatic heterocycles. The lowest BCUT2D eigenvalue weighted by molar-refractivity contribution is -0.136. The molecule has 0 radical (unpaired) electrons. The predicted octanol–water partition coefficient (Wildman–Crippen LogP) is 2.14. The Kier molecular flexibility index (Phi) is 7.67. The van der Waals surface area contributed by atoms with Gasteiger partial charge < -0.3 is 21.1 Å². The summed E-state index contributed by atoms with van der Waals surface area (Å²) in [5.74, 6) is -1.41. The van der Waals surface area contributed by atoms with Gasteiger partial charge in [0.15, 0.2) is 0 Å². The zero-order valence-electron chi connectivity index (χ0n) is 20.7. The minimum atomic E-state index is -1.12. The van der Waals surface area contributed by atoms with E-state index < -0.39 is 35.8 Å². The number of hydrazone groups is 1. The Bertz CT molecular complexity index is 1430. The smallest absolute Gasteiger partial charge is 0.323 e. The van der Waals surface area contributed by atoms with Crippen LogP contribution in [0.4, 0.5) is 0 Å². The van der Waals surface area contributed by atoms with Crippen LogP contribution in [0, 0.1) is 0 Å². The molecule has 11 heteroatoms. The maximum Gasteiger partial charge on any atom is 0.323 e. The average Bonchev–Trinajstić information content (AvgIpc) is 3.40. The molecule has 0 spiro atoms. The highest BCUT2D eigenvalue weighted by atomic mass is 35.5. The van der Waals surface area contributed by atoms with Crippen LogP contribution in [0.2, 0.25) is 5.02 Å². The van der Waals surface area contributed by atoms with Crippen LogP contribution in [0.25, 0.3) is 0 Å². The highest BCUT2D eigenvalue weighted by molar-refractivity contribution is 6.30. The fourth-order valence-corrected chi connectivity index (χ4v) is 4.43. The van der Waals surface area contributed by atoms with Gasteiger partial charge in [-0.1, -0.05) is 72.3 Å². The van der Waals surface area contributed by atoms with E-state index in [2.05, 4.69) is 20.7 Å². The van der Waals surface area contributed by atoms with E-state index in [9.17, 15) is 14.4 Å². The Labute approximate surface area is 229 Å². The molecule has 0 aliphatic carbocycles. The van der Waals surface area contributed by atoms with Crippen molar-refractivity contribution in [3.8, 4) is 0 Å². The van der Waals surface area contributed by atoms with E-state index in [4.69, 9.17) is 22.1 Å². The number of nitrogens with zero attached hydrogens (tertiary/aromatic N) is 3. The van der Waals surface area contributed by atoms with E-state index in [1.165, 1.54) is 0 Å². The van der Waals surface area contributed by atoms with Gasteiger partial charge in [0.2, 0.25) is 17.7 Å². The number of rotatable bonds is 8. The summed E-state index contributed by atoms with van der Waals surface area (Å²) in [7, 11) is 0. The number of aliphatic imine (C=N–C) groups is 1. The van der Waals surface area contributed by atoms with Crippen molar-refractivity contribution in [2.45, 2.75) is 24.5 Å². The molecule has 0 saturated carbocycles. The molecular weight excluding hydrogens is 520 g/mol. The van der Waals surface area contributed by atoms with E-state index in [1.54, 1.807) is 24.3 Å². The SMILES string of the molecule is NCC(=O)NC(Cc1ccccc1)C(=O)N[C@@H]1C(=O)N2N=C(c3ccc(Cl)cc3)OC2=N[C@@H]1c1ccccc1. The zero-order chi connectivity index (χ0) is 27.4. The van der Waals surface area contributed by atoms with E-state index in [1.807, 2.05) is 60.7 Å². The van der Waals surface area contributed by atoms with Crippen LogP contribution >= 0.6 is 11.6 Å². The molecular formula is C28H25ClN6O4. The Morgan fingerprint density at radius 1 is 1.00 bits per heavy atom. The summed E-state index contributed by atoms with van der Waals surface area (Å²) in [6, 6.07) is 22.2. The van der Waals surface area contributed by atoms with E-state index in [-0.39, 0.29) is 24.9 Å². The molecule has 3 aromatic carbocycles. The van der Waals surface area contributed by atoms with Gasteiger partial charge >= 0.3 is 6.02 Å². The number of benzene rings is 3. The van der Waals surface area contributed by atoms with Crippen molar-refractivity contribution in [2.24, 2.45) is 15.8 Å². The normalized spacial score (nSPS) is 18.8. The average molecular weight is 545 g/mol. The van der Waals surface area contributed by atoms with Gasteiger partial charge in [0.1, 0.15) is 18.1 Å². The van der Waals surface area contributed by atoms with Gasteiger partial charge in [-0.05, 0) is 35.4 Å². The van der Waals surface area contributed by atoms with Gasteiger partial charge in [-0.3, -0.25) is 14.4 Å². The summed E-state index contributed by atoms with van der Waals surface area (Å²) in [5, 5.41) is 11.4. The number of fused-ring (bicyclic) bond motifs is 1.